The average Bonchev–Trinajstić information content (AvgIpc) is 3.34. The highest BCUT2D eigenvalue weighted by Gasteiger charge is 2.17. The quantitative estimate of drug-likeness (QED) is 0.171. The van der Waals surface area contributed by atoms with Crippen LogP contribution in [0.4, 0.5) is 15.2 Å². The monoisotopic (exact) mass is 581 g/mol. The number of aryl methyl sites for hydroxylation is 1. The zero-order valence-electron chi connectivity index (χ0n) is 20.4. The number of hydrogen-bond acceptors (Lipinski definition) is 7. The van der Waals surface area contributed by atoms with E-state index in [1.54, 1.807) is 61.5 Å². The highest BCUT2D eigenvalue weighted by Crippen LogP contribution is 2.24. The van der Waals surface area contributed by atoms with Crippen molar-refractivity contribution in [2.45, 2.75) is 11.8 Å². The minimum Gasteiger partial charge on any atom is -0.321 e. The first kappa shape index (κ1) is 28.0. The molecule has 0 unspecified atom stereocenters. The fraction of sp³-hybridized carbons (Fsp3) is 0.0741. The van der Waals surface area contributed by atoms with Gasteiger partial charge in [-0.3, -0.25) is 19.7 Å². The number of anilines is 2. The molecule has 0 saturated heterocycles. The zero-order valence-corrected chi connectivity index (χ0v) is 22.8. The van der Waals surface area contributed by atoms with Crippen LogP contribution >= 0.6 is 34.7 Å². The van der Waals surface area contributed by atoms with Gasteiger partial charge in [0.25, 0.3) is 11.8 Å². The lowest BCUT2D eigenvalue weighted by Gasteiger charge is -2.12. The van der Waals surface area contributed by atoms with Crippen LogP contribution in [-0.2, 0) is 9.59 Å². The van der Waals surface area contributed by atoms with Gasteiger partial charge in [-0.1, -0.05) is 47.2 Å². The number of carbonyl (C=O) groups is 3. The van der Waals surface area contributed by atoms with Crippen molar-refractivity contribution in [3.05, 3.63) is 105 Å². The summed E-state index contributed by atoms with van der Waals surface area (Å²) in [7, 11) is 0. The molecule has 0 fully saturated rings. The molecule has 4 aromatic rings. The molecule has 8 nitrogen and oxygen atoms in total. The Kier molecular flexibility index (Phi) is 9.42. The van der Waals surface area contributed by atoms with Crippen molar-refractivity contribution in [2.24, 2.45) is 0 Å². The van der Waals surface area contributed by atoms with Gasteiger partial charge in [0.05, 0.1) is 10.8 Å². The summed E-state index contributed by atoms with van der Waals surface area (Å²) in [4.78, 5) is 38.9. The molecule has 0 aliphatic rings. The second kappa shape index (κ2) is 13.1. The lowest BCUT2D eigenvalue weighted by atomic mass is 10.1. The van der Waals surface area contributed by atoms with Crippen molar-refractivity contribution in [1.29, 1.82) is 0 Å². The molecule has 0 aliphatic heterocycles. The van der Waals surface area contributed by atoms with Crippen LogP contribution in [0, 0.1) is 12.7 Å². The van der Waals surface area contributed by atoms with Gasteiger partial charge in [0, 0.05) is 21.7 Å². The molecule has 3 N–H and O–H groups in total. The minimum absolute atomic E-state index is 0.0357. The summed E-state index contributed by atoms with van der Waals surface area (Å²) in [5, 5.41) is 16.9. The van der Waals surface area contributed by atoms with Crippen molar-refractivity contribution < 1.29 is 18.8 Å². The molecular weight excluding hydrogens is 561 g/mol. The largest absolute Gasteiger partial charge is 0.321 e. The predicted molar refractivity (Wildman–Crippen MR) is 152 cm³/mol. The molecule has 3 amide bonds. The Morgan fingerprint density at radius 2 is 1.72 bits per heavy atom. The van der Waals surface area contributed by atoms with Gasteiger partial charge in [0.2, 0.25) is 11.0 Å². The van der Waals surface area contributed by atoms with E-state index in [4.69, 9.17) is 11.6 Å². The van der Waals surface area contributed by atoms with Crippen LogP contribution in [0.3, 0.4) is 0 Å². The number of halogens is 2. The first-order valence-electron chi connectivity index (χ1n) is 11.4. The Labute approximate surface area is 236 Å². The van der Waals surface area contributed by atoms with Gasteiger partial charge in [0.1, 0.15) is 16.5 Å². The van der Waals surface area contributed by atoms with Gasteiger partial charge < -0.3 is 10.6 Å². The number of amides is 3. The number of thioether (sulfide) groups is 1. The van der Waals surface area contributed by atoms with Gasteiger partial charge in [-0.15, -0.1) is 22.0 Å². The zero-order chi connectivity index (χ0) is 27.8. The summed E-state index contributed by atoms with van der Waals surface area (Å²) in [6, 6.07) is 19.2. The Balaban J connectivity index is 1.44. The molecule has 39 heavy (non-hydrogen) atoms. The van der Waals surface area contributed by atoms with Crippen LogP contribution < -0.4 is 16.0 Å². The van der Waals surface area contributed by atoms with E-state index < -0.39 is 17.6 Å². The van der Waals surface area contributed by atoms with E-state index in [0.717, 1.165) is 9.90 Å². The van der Waals surface area contributed by atoms with E-state index in [-0.39, 0.29) is 27.9 Å². The number of benzene rings is 3. The molecule has 0 aliphatic carbocycles. The smallest absolute Gasteiger partial charge is 0.272 e. The Morgan fingerprint density at radius 1 is 0.974 bits per heavy atom. The first-order chi connectivity index (χ1) is 18.8. The summed E-state index contributed by atoms with van der Waals surface area (Å²) in [5.74, 6) is -1.92. The van der Waals surface area contributed by atoms with Crippen LogP contribution in [0.2, 0.25) is 5.02 Å². The van der Waals surface area contributed by atoms with E-state index >= 15 is 0 Å². The fourth-order valence-corrected chi connectivity index (χ4v) is 4.74. The second-order valence-corrected chi connectivity index (χ2v) is 10.6. The fourth-order valence-electron chi connectivity index (χ4n) is 3.22. The molecule has 1 aromatic heterocycles. The van der Waals surface area contributed by atoms with Crippen LogP contribution in [-0.4, -0.2) is 33.7 Å². The molecule has 198 valence electrons. The van der Waals surface area contributed by atoms with E-state index in [1.165, 1.54) is 47.4 Å². The topological polar surface area (TPSA) is 113 Å². The van der Waals surface area contributed by atoms with E-state index in [1.807, 2.05) is 0 Å². The summed E-state index contributed by atoms with van der Waals surface area (Å²) in [6.07, 6.45) is 1.19. The Hall–Kier alpha value is -4.06. The predicted octanol–water partition coefficient (Wildman–Crippen LogP) is 5.78. The van der Waals surface area contributed by atoms with Crippen LogP contribution in [0.5, 0.6) is 0 Å². The number of hydrogen-bond donors (Lipinski definition) is 3. The lowest BCUT2D eigenvalue weighted by Crippen LogP contribution is -2.30. The summed E-state index contributed by atoms with van der Waals surface area (Å²) < 4.78 is 14.4. The highest BCUT2D eigenvalue weighted by molar-refractivity contribution is 8.00. The maximum atomic E-state index is 14.4. The third-order valence-electron chi connectivity index (χ3n) is 5.07. The molecule has 0 spiro atoms. The number of carbonyl (C=O) groups excluding carboxylic acids is 3. The van der Waals surface area contributed by atoms with Gasteiger partial charge in [-0.2, -0.15) is 0 Å². The molecule has 0 radical (unpaired) electrons. The lowest BCUT2D eigenvalue weighted by molar-refractivity contribution is -0.114. The number of nitrogens with zero attached hydrogens (tertiary/aromatic N) is 2. The summed E-state index contributed by atoms with van der Waals surface area (Å²) >= 11 is 8.74. The Morgan fingerprint density at radius 3 is 2.38 bits per heavy atom. The molecule has 1 heterocycles. The van der Waals surface area contributed by atoms with E-state index in [9.17, 15) is 18.8 Å². The van der Waals surface area contributed by atoms with E-state index in [2.05, 4.69) is 26.1 Å². The van der Waals surface area contributed by atoms with Gasteiger partial charge in [-0.05, 0) is 61.5 Å². The summed E-state index contributed by atoms with van der Waals surface area (Å²) in [5.41, 5.74) is 0.518. The summed E-state index contributed by atoms with van der Waals surface area (Å²) in [6.45, 7) is 1.80. The molecule has 0 bridgehead atoms. The Bertz CT molecular complexity index is 1510. The molecule has 0 saturated carbocycles. The van der Waals surface area contributed by atoms with Crippen molar-refractivity contribution >= 4 is 69.3 Å². The highest BCUT2D eigenvalue weighted by atomic mass is 35.5. The van der Waals surface area contributed by atoms with Crippen LogP contribution in [0.15, 0.2) is 83.4 Å². The van der Waals surface area contributed by atoms with Gasteiger partial charge in [-0.25, -0.2) is 4.39 Å². The second-order valence-electron chi connectivity index (χ2n) is 7.96. The normalized spacial score (nSPS) is 11.1. The van der Waals surface area contributed by atoms with Gasteiger partial charge >= 0.3 is 0 Å². The number of rotatable bonds is 9. The van der Waals surface area contributed by atoms with Crippen molar-refractivity contribution in [3.63, 3.8) is 0 Å². The number of aromatic nitrogens is 2. The van der Waals surface area contributed by atoms with Gasteiger partial charge in [0.15, 0.2) is 0 Å². The molecule has 0 atom stereocenters. The van der Waals surface area contributed by atoms with Crippen LogP contribution in [0.25, 0.3) is 6.08 Å². The third-order valence-corrected chi connectivity index (χ3v) is 7.17. The third kappa shape index (κ3) is 7.96. The molecular formula is C27H21ClFN5O3S2. The molecule has 12 heteroatoms. The van der Waals surface area contributed by atoms with Crippen molar-refractivity contribution in [3.8, 4) is 0 Å². The van der Waals surface area contributed by atoms with Crippen LogP contribution in [0.1, 0.15) is 20.9 Å². The SMILES string of the molecule is Cc1nnc(NC(=O)CSc2ccc(NC(=O)/C(=C/c3c(F)cccc3Cl)NC(=O)c3ccccc3)cc2)s1. The first-order valence-corrected chi connectivity index (χ1v) is 13.6. The molecule has 3 aromatic carbocycles. The molecule has 4 rings (SSSR count). The number of nitrogens with one attached hydrogen (secondary N) is 3. The standard InChI is InChI=1S/C27H21ClFN5O3S2/c1-16-33-34-27(39-16)32-24(35)15-38-19-12-10-18(11-13-19)30-26(37)23(14-20-21(28)8-5-9-22(20)29)31-25(36)17-6-3-2-4-7-17/h2-14H,15H2,1H3,(H,30,37)(H,31,36)(H,32,34,35)/b23-14-. The maximum absolute atomic E-state index is 14.4. The van der Waals surface area contributed by atoms with Crippen molar-refractivity contribution in [2.75, 3.05) is 16.4 Å². The maximum Gasteiger partial charge on any atom is 0.272 e. The van der Waals surface area contributed by atoms with Crippen molar-refractivity contribution in [1.82, 2.24) is 15.5 Å². The average molecular weight is 582 g/mol. The minimum atomic E-state index is -0.675. The van der Waals surface area contributed by atoms with E-state index in [0.29, 0.717) is 16.4 Å².